The highest BCUT2D eigenvalue weighted by molar-refractivity contribution is 5.82. The van der Waals surface area contributed by atoms with Crippen molar-refractivity contribution >= 4 is 5.90 Å². The first kappa shape index (κ1) is 14.1. The van der Waals surface area contributed by atoms with Crippen molar-refractivity contribution in [3.05, 3.63) is 0 Å². The Morgan fingerprint density at radius 2 is 2.15 bits per heavy atom. The molecule has 0 spiro atoms. The topological polar surface area (TPSA) is 46.1 Å². The van der Waals surface area contributed by atoms with E-state index in [1.165, 1.54) is 38.8 Å². The van der Waals surface area contributed by atoms with Crippen molar-refractivity contribution < 1.29 is 9.57 Å². The molecule has 2 saturated heterocycles. The predicted octanol–water partition coefficient (Wildman–Crippen LogP) is 1.59. The van der Waals surface area contributed by atoms with Crippen LogP contribution in [0, 0.1) is 5.41 Å². The van der Waals surface area contributed by atoms with E-state index in [9.17, 15) is 0 Å². The zero-order chi connectivity index (χ0) is 13.8. The Morgan fingerprint density at radius 1 is 1.30 bits per heavy atom. The lowest BCUT2D eigenvalue weighted by Crippen LogP contribution is -2.49. The third kappa shape index (κ3) is 3.26. The normalized spacial score (nSPS) is 35.9. The number of hydrogen-bond donors (Lipinski definition) is 1. The molecule has 0 aromatic rings. The van der Waals surface area contributed by atoms with E-state index >= 15 is 0 Å². The zero-order valence-corrected chi connectivity index (χ0v) is 12.6. The minimum atomic E-state index is -0.00117. The maximum atomic E-state index is 6.17. The molecule has 2 atom stereocenters. The summed E-state index contributed by atoms with van der Waals surface area (Å²) in [5.74, 6) is 0.804. The summed E-state index contributed by atoms with van der Waals surface area (Å²) in [6.07, 6.45) is 6.44. The Balaban J connectivity index is 1.56. The van der Waals surface area contributed by atoms with Crippen LogP contribution in [0.2, 0.25) is 0 Å². The molecule has 2 fully saturated rings. The highest BCUT2D eigenvalue weighted by Gasteiger charge is 2.38. The molecule has 20 heavy (non-hydrogen) atoms. The molecule has 0 amide bonds. The SMILES string of the molecule is C[C@@]1(C2=NOC[C@H](CN3CCCCC3)O2)CCCNC1. The lowest BCUT2D eigenvalue weighted by molar-refractivity contribution is -0.0222. The molecular weight excluding hydrogens is 254 g/mol. The fraction of sp³-hybridized carbons (Fsp3) is 0.933. The molecule has 0 radical (unpaired) electrons. The molecule has 0 aromatic carbocycles. The van der Waals surface area contributed by atoms with Gasteiger partial charge in [-0.1, -0.05) is 11.6 Å². The smallest absolute Gasteiger partial charge is 0.233 e. The number of rotatable bonds is 3. The van der Waals surface area contributed by atoms with Crippen LogP contribution in [0.3, 0.4) is 0 Å². The Hall–Kier alpha value is -0.810. The van der Waals surface area contributed by atoms with Crippen molar-refractivity contribution in [1.82, 2.24) is 10.2 Å². The molecule has 114 valence electrons. The number of ether oxygens (including phenoxy) is 1. The van der Waals surface area contributed by atoms with Crippen molar-refractivity contribution in [2.45, 2.75) is 45.1 Å². The summed E-state index contributed by atoms with van der Waals surface area (Å²) in [4.78, 5) is 7.97. The van der Waals surface area contributed by atoms with E-state index < -0.39 is 0 Å². The Labute approximate surface area is 121 Å². The second-order valence-corrected chi connectivity index (χ2v) is 6.63. The van der Waals surface area contributed by atoms with Gasteiger partial charge in [0.25, 0.3) is 0 Å². The zero-order valence-electron chi connectivity index (χ0n) is 12.6. The van der Waals surface area contributed by atoms with Crippen molar-refractivity contribution in [2.75, 3.05) is 39.3 Å². The van der Waals surface area contributed by atoms with Gasteiger partial charge in [-0.05, 0) is 52.2 Å². The summed E-state index contributed by atoms with van der Waals surface area (Å²) >= 11 is 0. The summed E-state index contributed by atoms with van der Waals surface area (Å²) in [6, 6.07) is 0. The second kappa shape index (κ2) is 6.31. The van der Waals surface area contributed by atoms with Gasteiger partial charge < -0.3 is 14.9 Å². The molecule has 5 heteroatoms. The van der Waals surface area contributed by atoms with E-state index in [1.54, 1.807) is 0 Å². The van der Waals surface area contributed by atoms with Gasteiger partial charge in [-0.25, -0.2) is 0 Å². The number of likely N-dealkylation sites (tertiary alicyclic amines) is 1. The van der Waals surface area contributed by atoms with Crippen molar-refractivity contribution in [3.8, 4) is 0 Å². The van der Waals surface area contributed by atoms with Gasteiger partial charge in [-0.15, -0.1) is 0 Å². The van der Waals surface area contributed by atoms with Gasteiger partial charge in [0, 0.05) is 13.1 Å². The molecule has 5 nitrogen and oxygen atoms in total. The van der Waals surface area contributed by atoms with Crippen LogP contribution < -0.4 is 5.32 Å². The first-order valence-electron chi connectivity index (χ1n) is 8.06. The van der Waals surface area contributed by atoms with Crippen LogP contribution in [0.5, 0.6) is 0 Å². The van der Waals surface area contributed by atoms with Crippen LogP contribution in [0.1, 0.15) is 39.0 Å². The quantitative estimate of drug-likeness (QED) is 0.853. The Kier molecular flexibility index (Phi) is 4.46. The summed E-state index contributed by atoms with van der Waals surface area (Å²) in [7, 11) is 0. The third-order valence-electron chi connectivity index (χ3n) is 4.71. The van der Waals surface area contributed by atoms with Gasteiger partial charge in [-0.3, -0.25) is 4.90 Å². The number of oxime groups is 1. The van der Waals surface area contributed by atoms with E-state index in [2.05, 4.69) is 22.3 Å². The maximum absolute atomic E-state index is 6.17. The summed E-state index contributed by atoms with van der Waals surface area (Å²) in [5, 5.41) is 7.65. The number of nitrogens with one attached hydrogen (secondary N) is 1. The summed E-state index contributed by atoms with van der Waals surface area (Å²) in [6.45, 7) is 8.22. The van der Waals surface area contributed by atoms with Crippen LogP contribution in [0.4, 0.5) is 0 Å². The number of nitrogens with zero attached hydrogens (tertiary/aromatic N) is 2. The average Bonchev–Trinajstić information content (AvgIpc) is 2.49. The van der Waals surface area contributed by atoms with Crippen molar-refractivity contribution in [2.24, 2.45) is 10.6 Å². The second-order valence-electron chi connectivity index (χ2n) is 6.63. The standard InChI is InChI=1S/C15H27N3O2/c1-15(6-5-7-16-12-15)14-17-19-11-13(20-14)10-18-8-3-2-4-9-18/h13,16H,2-12H2,1H3/t13-,15+/m0/s1. The van der Waals surface area contributed by atoms with Crippen LogP contribution in [-0.4, -0.2) is 56.2 Å². The van der Waals surface area contributed by atoms with Crippen LogP contribution in [0.15, 0.2) is 5.16 Å². The number of hydrogen-bond acceptors (Lipinski definition) is 5. The highest BCUT2D eigenvalue weighted by Crippen LogP contribution is 2.30. The largest absolute Gasteiger partial charge is 0.470 e. The first-order chi connectivity index (χ1) is 9.76. The Bertz CT molecular complexity index is 347. The van der Waals surface area contributed by atoms with Gasteiger partial charge in [0.1, 0.15) is 6.10 Å². The molecule has 3 aliphatic rings. The Morgan fingerprint density at radius 3 is 2.90 bits per heavy atom. The molecule has 3 aliphatic heterocycles. The lowest BCUT2D eigenvalue weighted by Gasteiger charge is -2.38. The molecule has 3 rings (SSSR count). The highest BCUT2D eigenvalue weighted by atomic mass is 16.7. The fourth-order valence-electron chi connectivity index (χ4n) is 3.40. The van der Waals surface area contributed by atoms with Gasteiger partial charge in [0.15, 0.2) is 6.61 Å². The minimum absolute atomic E-state index is 0.00117. The molecule has 0 aromatic heterocycles. The molecule has 3 heterocycles. The van der Waals surface area contributed by atoms with Gasteiger partial charge in [0.05, 0.1) is 5.41 Å². The fourth-order valence-corrected chi connectivity index (χ4v) is 3.40. The van der Waals surface area contributed by atoms with Gasteiger partial charge >= 0.3 is 0 Å². The van der Waals surface area contributed by atoms with E-state index in [0.717, 1.165) is 32.0 Å². The monoisotopic (exact) mass is 281 g/mol. The molecular formula is C15H27N3O2. The summed E-state index contributed by atoms with van der Waals surface area (Å²) < 4.78 is 6.17. The average molecular weight is 281 g/mol. The van der Waals surface area contributed by atoms with Gasteiger partial charge in [-0.2, -0.15) is 0 Å². The van der Waals surface area contributed by atoms with Crippen molar-refractivity contribution in [3.63, 3.8) is 0 Å². The number of piperidine rings is 2. The van der Waals surface area contributed by atoms with Crippen molar-refractivity contribution in [1.29, 1.82) is 0 Å². The first-order valence-corrected chi connectivity index (χ1v) is 8.06. The molecule has 0 saturated carbocycles. The minimum Gasteiger partial charge on any atom is -0.470 e. The van der Waals surface area contributed by atoms with E-state index in [4.69, 9.17) is 9.57 Å². The van der Waals surface area contributed by atoms with Crippen LogP contribution in [0.25, 0.3) is 0 Å². The maximum Gasteiger partial charge on any atom is 0.233 e. The molecule has 0 unspecified atom stereocenters. The van der Waals surface area contributed by atoms with Gasteiger partial charge in [0.2, 0.25) is 5.90 Å². The lowest BCUT2D eigenvalue weighted by atomic mass is 9.82. The van der Waals surface area contributed by atoms with E-state index in [1.807, 2.05) is 0 Å². The summed E-state index contributed by atoms with van der Waals surface area (Å²) in [5.41, 5.74) is -0.00117. The molecule has 1 N–H and O–H groups in total. The van der Waals surface area contributed by atoms with E-state index in [0.29, 0.717) is 6.61 Å². The van der Waals surface area contributed by atoms with Crippen LogP contribution >= 0.6 is 0 Å². The predicted molar refractivity (Wildman–Crippen MR) is 78.8 cm³/mol. The van der Waals surface area contributed by atoms with Crippen LogP contribution in [-0.2, 0) is 9.57 Å². The molecule has 0 aliphatic carbocycles. The third-order valence-corrected chi connectivity index (χ3v) is 4.71. The molecule has 0 bridgehead atoms. The van der Waals surface area contributed by atoms with E-state index in [-0.39, 0.29) is 11.5 Å².